The molecule has 2 fully saturated rings. The van der Waals surface area contributed by atoms with E-state index in [1.165, 1.54) is 12.8 Å². The molecule has 24 heavy (non-hydrogen) atoms. The number of benzene rings is 1. The average molecular weight is 328 g/mol. The van der Waals surface area contributed by atoms with Crippen LogP contribution in [0.1, 0.15) is 73.1 Å². The minimum Gasteiger partial charge on any atom is -0.336 e. The van der Waals surface area contributed by atoms with Crippen LogP contribution in [-0.2, 0) is 0 Å². The van der Waals surface area contributed by atoms with E-state index in [2.05, 4.69) is 13.8 Å². The molecule has 2 saturated heterocycles. The molecule has 4 heteroatoms. The molecule has 3 rings (SSSR count). The second-order valence-corrected chi connectivity index (χ2v) is 7.27. The van der Waals surface area contributed by atoms with Gasteiger partial charge in [-0.1, -0.05) is 6.07 Å². The molecule has 1 aromatic rings. The maximum atomic E-state index is 12.8. The molecular weight excluding hydrogens is 300 g/mol. The van der Waals surface area contributed by atoms with Crippen molar-refractivity contribution in [2.75, 3.05) is 13.1 Å². The van der Waals surface area contributed by atoms with Crippen LogP contribution in [0, 0.1) is 0 Å². The number of nitrogens with zero attached hydrogens (tertiary/aromatic N) is 2. The monoisotopic (exact) mass is 328 g/mol. The molecule has 0 saturated carbocycles. The Bertz CT molecular complexity index is 564. The lowest BCUT2D eigenvalue weighted by molar-refractivity contribution is 0.0634. The van der Waals surface area contributed by atoms with Crippen LogP contribution in [0.15, 0.2) is 24.3 Å². The molecule has 0 unspecified atom stereocenters. The van der Waals surface area contributed by atoms with Crippen molar-refractivity contribution < 1.29 is 9.59 Å². The van der Waals surface area contributed by atoms with Gasteiger partial charge in [0.25, 0.3) is 11.8 Å². The molecule has 0 radical (unpaired) electrons. The first-order chi connectivity index (χ1) is 11.6. The second-order valence-electron chi connectivity index (χ2n) is 7.27. The highest BCUT2D eigenvalue weighted by atomic mass is 16.2. The smallest absolute Gasteiger partial charge is 0.254 e. The Kier molecular flexibility index (Phi) is 5.22. The van der Waals surface area contributed by atoms with Crippen molar-refractivity contribution in [2.24, 2.45) is 0 Å². The summed E-state index contributed by atoms with van der Waals surface area (Å²) < 4.78 is 0. The molecule has 0 aliphatic carbocycles. The molecule has 2 aliphatic rings. The molecule has 0 aromatic heterocycles. The van der Waals surface area contributed by atoms with E-state index < -0.39 is 0 Å². The molecule has 0 N–H and O–H groups in total. The number of hydrogen-bond acceptors (Lipinski definition) is 2. The lowest BCUT2D eigenvalue weighted by Gasteiger charge is -2.34. The average Bonchev–Trinajstić information content (AvgIpc) is 2.61. The first-order valence-corrected chi connectivity index (χ1v) is 9.30. The Morgan fingerprint density at radius 3 is 1.71 bits per heavy atom. The topological polar surface area (TPSA) is 40.6 Å². The minimum atomic E-state index is 0.0588. The lowest BCUT2D eigenvalue weighted by Crippen LogP contribution is -2.43. The van der Waals surface area contributed by atoms with Crippen molar-refractivity contribution in [3.05, 3.63) is 35.4 Å². The summed E-state index contributed by atoms with van der Waals surface area (Å²) in [6.45, 7) is 5.87. The highest BCUT2D eigenvalue weighted by Crippen LogP contribution is 2.22. The summed E-state index contributed by atoms with van der Waals surface area (Å²) >= 11 is 0. The van der Waals surface area contributed by atoms with Gasteiger partial charge in [0.2, 0.25) is 0 Å². The van der Waals surface area contributed by atoms with Crippen LogP contribution in [-0.4, -0.2) is 46.8 Å². The quantitative estimate of drug-likeness (QED) is 0.830. The molecule has 2 aliphatic heterocycles. The summed E-state index contributed by atoms with van der Waals surface area (Å²) in [4.78, 5) is 29.6. The fourth-order valence-corrected chi connectivity index (χ4v) is 3.92. The Balaban J connectivity index is 1.78. The molecule has 0 bridgehead atoms. The van der Waals surface area contributed by atoms with Gasteiger partial charge in [-0.25, -0.2) is 0 Å². The first-order valence-electron chi connectivity index (χ1n) is 9.30. The van der Waals surface area contributed by atoms with Gasteiger partial charge in [0.15, 0.2) is 0 Å². The molecule has 2 heterocycles. The fraction of sp³-hybridized carbons (Fsp3) is 0.600. The molecule has 130 valence electrons. The van der Waals surface area contributed by atoms with E-state index in [9.17, 15) is 9.59 Å². The van der Waals surface area contributed by atoms with Crippen molar-refractivity contribution in [3.63, 3.8) is 0 Å². The second kappa shape index (κ2) is 7.37. The van der Waals surface area contributed by atoms with Crippen LogP contribution in [0.4, 0.5) is 0 Å². The molecule has 2 atom stereocenters. The van der Waals surface area contributed by atoms with E-state index >= 15 is 0 Å². The third kappa shape index (κ3) is 3.47. The van der Waals surface area contributed by atoms with Gasteiger partial charge in [0.1, 0.15) is 0 Å². The molecule has 2 amide bonds. The van der Waals surface area contributed by atoms with Crippen molar-refractivity contribution >= 4 is 11.8 Å². The van der Waals surface area contributed by atoms with Crippen LogP contribution < -0.4 is 0 Å². The van der Waals surface area contributed by atoms with Crippen LogP contribution in [0.3, 0.4) is 0 Å². The Hall–Kier alpha value is -1.84. The predicted octanol–water partition coefficient (Wildman–Crippen LogP) is 3.72. The fourth-order valence-electron chi connectivity index (χ4n) is 3.92. The van der Waals surface area contributed by atoms with Gasteiger partial charge in [-0.05, 0) is 70.6 Å². The number of carbonyl (C=O) groups excluding carboxylic acids is 2. The van der Waals surface area contributed by atoms with E-state index in [1.807, 2.05) is 28.0 Å². The first kappa shape index (κ1) is 17.0. The summed E-state index contributed by atoms with van der Waals surface area (Å²) in [6, 6.07) is 7.86. The standard InChI is InChI=1S/C20H28N2O2/c1-15-8-3-5-12-21(15)19(23)17-10-7-11-18(14-17)20(24)22-13-6-4-9-16(22)2/h7,10-11,14-16H,3-6,8-9,12-13H2,1-2H3/t15-,16-/m0/s1. The number of likely N-dealkylation sites (tertiary alicyclic amines) is 2. The zero-order valence-corrected chi connectivity index (χ0v) is 14.8. The maximum absolute atomic E-state index is 12.8. The van der Waals surface area contributed by atoms with Crippen LogP contribution in [0.2, 0.25) is 0 Å². The summed E-state index contributed by atoms with van der Waals surface area (Å²) in [7, 11) is 0. The lowest BCUT2D eigenvalue weighted by atomic mass is 10.00. The molecule has 1 aromatic carbocycles. The molecule has 0 spiro atoms. The summed E-state index contributed by atoms with van der Waals surface area (Å²) in [5.41, 5.74) is 1.28. The zero-order chi connectivity index (χ0) is 17.1. The van der Waals surface area contributed by atoms with Gasteiger partial charge in [0, 0.05) is 36.3 Å². The number of hydrogen-bond donors (Lipinski definition) is 0. The van der Waals surface area contributed by atoms with Gasteiger partial charge in [0.05, 0.1) is 0 Å². The van der Waals surface area contributed by atoms with Crippen LogP contribution in [0.25, 0.3) is 0 Å². The van der Waals surface area contributed by atoms with E-state index in [0.717, 1.165) is 38.8 Å². The highest BCUT2D eigenvalue weighted by Gasteiger charge is 2.27. The minimum absolute atomic E-state index is 0.0588. The van der Waals surface area contributed by atoms with Crippen molar-refractivity contribution in [1.82, 2.24) is 9.80 Å². The third-order valence-electron chi connectivity index (χ3n) is 5.48. The zero-order valence-electron chi connectivity index (χ0n) is 14.8. The Morgan fingerprint density at radius 2 is 1.29 bits per heavy atom. The summed E-state index contributed by atoms with van der Waals surface area (Å²) in [6.07, 6.45) is 6.65. The highest BCUT2D eigenvalue weighted by molar-refractivity contribution is 6.00. The largest absolute Gasteiger partial charge is 0.336 e. The molecular formula is C20H28N2O2. The van der Waals surface area contributed by atoms with E-state index in [-0.39, 0.29) is 23.9 Å². The predicted molar refractivity (Wildman–Crippen MR) is 95.1 cm³/mol. The van der Waals surface area contributed by atoms with Gasteiger partial charge in [-0.3, -0.25) is 9.59 Å². The number of amides is 2. The Labute approximate surface area is 144 Å². The van der Waals surface area contributed by atoms with Gasteiger partial charge < -0.3 is 9.80 Å². The van der Waals surface area contributed by atoms with Crippen LogP contribution >= 0.6 is 0 Å². The van der Waals surface area contributed by atoms with Gasteiger partial charge in [-0.2, -0.15) is 0 Å². The van der Waals surface area contributed by atoms with E-state index in [1.54, 1.807) is 6.07 Å². The summed E-state index contributed by atoms with van der Waals surface area (Å²) in [5, 5.41) is 0. The normalized spacial score (nSPS) is 24.8. The van der Waals surface area contributed by atoms with Crippen LogP contribution in [0.5, 0.6) is 0 Å². The number of rotatable bonds is 2. The SMILES string of the molecule is C[C@H]1CCCCN1C(=O)c1cccc(C(=O)N2CCCC[C@@H]2C)c1. The third-order valence-corrected chi connectivity index (χ3v) is 5.48. The Morgan fingerprint density at radius 1 is 0.833 bits per heavy atom. The number of piperidine rings is 2. The molecule has 4 nitrogen and oxygen atoms in total. The number of carbonyl (C=O) groups is 2. The van der Waals surface area contributed by atoms with Crippen molar-refractivity contribution in [3.8, 4) is 0 Å². The van der Waals surface area contributed by atoms with E-state index in [4.69, 9.17) is 0 Å². The maximum Gasteiger partial charge on any atom is 0.254 e. The van der Waals surface area contributed by atoms with Gasteiger partial charge >= 0.3 is 0 Å². The van der Waals surface area contributed by atoms with Crippen molar-refractivity contribution in [1.29, 1.82) is 0 Å². The van der Waals surface area contributed by atoms with E-state index in [0.29, 0.717) is 11.1 Å². The van der Waals surface area contributed by atoms with Crippen molar-refractivity contribution in [2.45, 2.75) is 64.5 Å². The van der Waals surface area contributed by atoms with Gasteiger partial charge in [-0.15, -0.1) is 0 Å². The summed E-state index contributed by atoms with van der Waals surface area (Å²) in [5.74, 6) is 0.118.